The molecule has 0 aliphatic carbocycles. The van der Waals surface area contributed by atoms with Gasteiger partial charge in [-0.3, -0.25) is 14.2 Å². The summed E-state index contributed by atoms with van der Waals surface area (Å²) in [7, 11) is 0. The zero-order chi connectivity index (χ0) is 21.3. The van der Waals surface area contributed by atoms with Gasteiger partial charge in [0.2, 0.25) is 11.6 Å². The number of hydrogen-bond donors (Lipinski definition) is 1. The predicted molar refractivity (Wildman–Crippen MR) is 106 cm³/mol. The van der Waals surface area contributed by atoms with Crippen LogP contribution in [0.2, 0.25) is 0 Å². The highest BCUT2D eigenvalue weighted by Gasteiger charge is 2.27. The van der Waals surface area contributed by atoms with Crippen LogP contribution in [0.25, 0.3) is 11.1 Å². The molecule has 1 aromatic carbocycles. The maximum absolute atomic E-state index is 13.1. The van der Waals surface area contributed by atoms with Crippen LogP contribution in [0.5, 0.6) is 0 Å². The molecule has 0 saturated heterocycles. The van der Waals surface area contributed by atoms with E-state index in [9.17, 15) is 14.4 Å². The van der Waals surface area contributed by atoms with Crippen LogP contribution >= 0.6 is 0 Å². The summed E-state index contributed by atoms with van der Waals surface area (Å²) in [6, 6.07) is 4.70. The number of carbonyl (C=O) groups is 2. The molecule has 1 unspecified atom stereocenters. The van der Waals surface area contributed by atoms with Gasteiger partial charge in [-0.25, -0.2) is 4.79 Å². The van der Waals surface area contributed by atoms with Crippen molar-refractivity contribution < 1.29 is 18.8 Å². The van der Waals surface area contributed by atoms with Crippen LogP contribution in [0, 0.1) is 20.8 Å². The van der Waals surface area contributed by atoms with E-state index in [1.54, 1.807) is 26.8 Å². The molecule has 29 heavy (non-hydrogen) atoms. The summed E-state index contributed by atoms with van der Waals surface area (Å²) in [5.74, 6) is -0.912. The summed E-state index contributed by atoms with van der Waals surface area (Å²) >= 11 is 0. The number of esters is 1. The molecule has 0 aliphatic rings. The fourth-order valence-electron chi connectivity index (χ4n) is 3.05. The second-order valence-electron chi connectivity index (χ2n) is 6.68. The number of benzene rings is 1. The molecule has 1 amide bonds. The second-order valence-corrected chi connectivity index (χ2v) is 6.68. The molecular weight excluding hydrogens is 376 g/mol. The summed E-state index contributed by atoms with van der Waals surface area (Å²) in [6.07, 6.45) is 0. The number of carbonyl (C=O) groups excluding carboxylic acids is 2. The Labute approximate surface area is 166 Å². The maximum Gasteiger partial charge on any atom is 0.361 e. The Morgan fingerprint density at radius 3 is 2.69 bits per heavy atom. The van der Waals surface area contributed by atoms with Crippen molar-refractivity contribution in [3.8, 4) is 0 Å². The van der Waals surface area contributed by atoms with Crippen LogP contribution in [0.3, 0.4) is 0 Å². The lowest BCUT2D eigenvalue weighted by Gasteiger charge is -2.18. The Morgan fingerprint density at radius 2 is 2.00 bits per heavy atom. The van der Waals surface area contributed by atoms with Crippen molar-refractivity contribution in [2.75, 3.05) is 11.9 Å². The van der Waals surface area contributed by atoms with Gasteiger partial charge < -0.3 is 14.6 Å². The van der Waals surface area contributed by atoms with Gasteiger partial charge in [0.05, 0.1) is 6.61 Å². The number of hydrogen-bond acceptors (Lipinski definition) is 7. The Bertz CT molecular complexity index is 1160. The quantitative estimate of drug-likeness (QED) is 0.657. The normalized spacial score (nSPS) is 12.0. The van der Waals surface area contributed by atoms with Crippen LogP contribution in [0.1, 0.15) is 47.3 Å². The molecule has 1 N–H and O–H groups in total. The smallest absolute Gasteiger partial charge is 0.361 e. The highest BCUT2D eigenvalue weighted by molar-refractivity contribution is 6.00. The standard InChI is InChI=1S/C20H22N4O5/c1-6-28-20(27)16-15-18(29-23-16)21-13(5)24(19(15)26)12(4)17(25)22-14-9-7-8-10(2)11(14)3/h7-9,12H,6H2,1-5H3,(H,22,25). The summed E-state index contributed by atoms with van der Waals surface area (Å²) in [4.78, 5) is 42.2. The molecular formula is C20H22N4O5. The minimum atomic E-state index is -0.885. The third-order valence-electron chi connectivity index (χ3n) is 4.82. The molecule has 3 aromatic rings. The van der Waals surface area contributed by atoms with E-state index in [0.717, 1.165) is 11.1 Å². The Morgan fingerprint density at radius 1 is 1.28 bits per heavy atom. The molecule has 0 spiro atoms. The zero-order valence-corrected chi connectivity index (χ0v) is 16.9. The monoisotopic (exact) mass is 398 g/mol. The molecule has 9 nitrogen and oxygen atoms in total. The predicted octanol–water partition coefficient (Wildman–Crippen LogP) is 2.69. The second kappa shape index (κ2) is 7.86. The van der Waals surface area contributed by atoms with E-state index in [-0.39, 0.29) is 35.1 Å². The minimum Gasteiger partial charge on any atom is -0.461 e. The van der Waals surface area contributed by atoms with Gasteiger partial charge in [0.25, 0.3) is 11.3 Å². The molecule has 0 saturated carbocycles. The van der Waals surface area contributed by atoms with Crippen LogP contribution in [-0.2, 0) is 9.53 Å². The van der Waals surface area contributed by atoms with Crippen molar-refractivity contribution in [1.82, 2.24) is 14.7 Å². The van der Waals surface area contributed by atoms with E-state index in [0.29, 0.717) is 5.69 Å². The zero-order valence-electron chi connectivity index (χ0n) is 16.9. The van der Waals surface area contributed by atoms with Gasteiger partial charge in [0, 0.05) is 5.69 Å². The molecule has 152 valence electrons. The first-order valence-corrected chi connectivity index (χ1v) is 9.19. The van der Waals surface area contributed by atoms with E-state index in [2.05, 4.69) is 15.5 Å². The summed E-state index contributed by atoms with van der Waals surface area (Å²) < 4.78 is 11.1. The van der Waals surface area contributed by atoms with Crippen molar-refractivity contribution in [2.24, 2.45) is 0 Å². The third kappa shape index (κ3) is 3.63. The van der Waals surface area contributed by atoms with Crippen molar-refractivity contribution in [3.63, 3.8) is 0 Å². The largest absolute Gasteiger partial charge is 0.461 e. The van der Waals surface area contributed by atoms with Gasteiger partial charge in [-0.05, 0) is 51.8 Å². The Kier molecular flexibility index (Phi) is 5.49. The molecule has 1 atom stereocenters. The van der Waals surface area contributed by atoms with Gasteiger partial charge in [-0.2, -0.15) is 4.98 Å². The van der Waals surface area contributed by atoms with Gasteiger partial charge in [0.15, 0.2) is 0 Å². The number of rotatable bonds is 5. The summed E-state index contributed by atoms with van der Waals surface area (Å²) in [5.41, 5.74) is 1.72. The van der Waals surface area contributed by atoms with Gasteiger partial charge in [-0.1, -0.05) is 17.3 Å². The molecule has 0 bridgehead atoms. The lowest BCUT2D eigenvalue weighted by Crippen LogP contribution is -2.34. The number of fused-ring (bicyclic) bond motifs is 1. The van der Waals surface area contributed by atoms with E-state index in [1.807, 2.05) is 26.0 Å². The molecule has 2 heterocycles. The molecule has 3 rings (SSSR count). The Hall–Kier alpha value is -3.49. The van der Waals surface area contributed by atoms with Crippen molar-refractivity contribution in [3.05, 3.63) is 51.2 Å². The number of aryl methyl sites for hydroxylation is 2. The molecule has 0 aliphatic heterocycles. The van der Waals surface area contributed by atoms with Crippen molar-refractivity contribution in [1.29, 1.82) is 0 Å². The fraction of sp³-hybridized carbons (Fsp3) is 0.350. The third-order valence-corrected chi connectivity index (χ3v) is 4.82. The first kappa shape index (κ1) is 20.2. The highest BCUT2D eigenvalue weighted by Crippen LogP contribution is 2.21. The van der Waals surface area contributed by atoms with Crippen LogP contribution in [0.15, 0.2) is 27.5 Å². The van der Waals surface area contributed by atoms with E-state index in [4.69, 9.17) is 9.26 Å². The fourth-order valence-corrected chi connectivity index (χ4v) is 3.05. The first-order valence-electron chi connectivity index (χ1n) is 9.19. The van der Waals surface area contributed by atoms with E-state index >= 15 is 0 Å². The minimum absolute atomic E-state index is 0.0751. The molecule has 0 fully saturated rings. The van der Waals surface area contributed by atoms with Gasteiger partial charge >= 0.3 is 5.97 Å². The summed E-state index contributed by atoms with van der Waals surface area (Å²) in [5, 5.41) is 6.36. The first-order chi connectivity index (χ1) is 13.8. The lowest BCUT2D eigenvalue weighted by atomic mass is 10.1. The van der Waals surface area contributed by atoms with E-state index in [1.165, 1.54) is 4.57 Å². The van der Waals surface area contributed by atoms with Crippen molar-refractivity contribution >= 4 is 28.7 Å². The maximum atomic E-state index is 13.1. The van der Waals surface area contributed by atoms with Crippen LogP contribution < -0.4 is 10.9 Å². The number of nitrogens with zero attached hydrogens (tertiary/aromatic N) is 3. The lowest BCUT2D eigenvalue weighted by molar-refractivity contribution is -0.118. The summed E-state index contributed by atoms with van der Waals surface area (Å²) in [6.45, 7) is 8.78. The topological polar surface area (TPSA) is 116 Å². The van der Waals surface area contributed by atoms with E-state index < -0.39 is 17.6 Å². The number of amides is 1. The van der Waals surface area contributed by atoms with Crippen LogP contribution in [0.4, 0.5) is 5.69 Å². The van der Waals surface area contributed by atoms with Crippen molar-refractivity contribution in [2.45, 2.75) is 40.7 Å². The van der Waals surface area contributed by atoms with Gasteiger partial charge in [0.1, 0.15) is 17.3 Å². The number of ether oxygens (including phenoxy) is 1. The number of anilines is 1. The molecule has 2 aromatic heterocycles. The van der Waals surface area contributed by atoms with Gasteiger partial charge in [-0.15, -0.1) is 0 Å². The SMILES string of the molecule is CCOC(=O)c1noc2nc(C)n(C(C)C(=O)Nc3cccc(C)c3C)c(=O)c12. The average Bonchev–Trinajstić information content (AvgIpc) is 3.09. The molecule has 9 heteroatoms. The highest BCUT2D eigenvalue weighted by atomic mass is 16.5. The average molecular weight is 398 g/mol. The van der Waals surface area contributed by atoms with Crippen LogP contribution in [-0.4, -0.2) is 33.2 Å². The number of aromatic nitrogens is 3. The Balaban J connectivity index is 2.03. The number of nitrogens with one attached hydrogen (secondary N) is 1. The molecule has 0 radical (unpaired) electrons.